The molecule has 0 saturated heterocycles. The molecule has 366 valence electrons. The third-order valence-electron chi connectivity index (χ3n) is 18.6. The van der Waals surface area contributed by atoms with E-state index in [1.165, 1.54) is 122 Å². The lowest BCUT2D eigenvalue weighted by Crippen LogP contribution is -2.19. The first-order chi connectivity index (χ1) is 36.7. The fourth-order valence-corrected chi connectivity index (χ4v) is 14.7. The Bertz CT molecular complexity index is 4150. The van der Waals surface area contributed by atoms with E-state index >= 15 is 0 Å². The van der Waals surface area contributed by atoms with Gasteiger partial charge in [-0.15, -0.1) is 0 Å². The standard InChI is InChI=1S/C74H60N2/c1-71(2)64-32-20-16-24-52(64)60-41-45(36-40-65(60)71)75(46-33-37-53-49-21-13-17-29-61(49)72(3,4)66(53)42-46)69-56-25-9-11-27-58(56)70(59-28-12-10-26-57(59)69)76(47-34-38-54-50-22-14-18-30-62(50)73(5,6)67(54)43-47)48-35-39-55-51-23-15-19-31-63(51)74(7,8)68(55)44-48/h9-44H,1-8H3. The Balaban J connectivity index is 1.02. The van der Waals surface area contributed by atoms with Crippen molar-refractivity contribution < 1.29 is 0 Å². The summed E-state index contributed by atoms with van der Waals surface area (Å²) in [6, 6.07) is 83.5. The highest BCUT2D eigenvalue weighted by Gasteiger charge is 2.41. The van der Waals surface area contributed by atoms with Crippen molar-refractivity contribution in [2.45, 2.75) is 77.0 Å². The molecule has 0 spiro atoms. The number of nitrogens with zero attached hydrogens (tertiary/aromatic N) is 2. The van der Waals surface area contributed by atoms with Crippen molar-refractivity contribution in [3.8, 4) is 44.5 Å². The Morgan fingerprint density at radius 3 is 0.789 bits per heavy atom. The van der Waals surface area contributed by atoms with Gasteiger partial charge in [0.1, 0.15) is 0 Å². The Morgan fingerprint density at radius 1 is 0.211 bits per heavy atom. The summed E-state index contributed by atoms with van der Waals surface area (Å²) in [6.07, 6.45) is 0. The van der Waals surface area contributed by atoms with Crippen molar-refractivity contribution in [1.82, 2.24) is 0 Å². The average Bonchev–Trinajstić information content (AvgIpc) is 4.05. The van der Waals surface area contributed by atoms with Crippen molar-refractivity contribution in [1.29, 1.82) is 0 Å². The monoisotopic (exact) mass is 976 g/mol. The van der Waals surface area contributed by atoms with Crippen LogP contribution in [0.25, 0.3) is 66.1 Å². The van der Waals surface area contributed by atoms with Crippen LogP contribution >= 0.6 is 0 Å². The number of fused-ring (bicyclic) bond motifs is 14. The molecule has 0 saturated carbocycles. The average molecular weight is 977 g/mol. The molecule has 11 aromatic rings. The summed E-state index contributed by atoms with van der Waals surface area (Å²) in [5.41, 5.74) is 27.8. The third-order valence-corrected chi connectivity index (χ3v) is 18.6. The van der Waals surface area contributed by atoms with Gasteiger partial charge in [-0.2, -0.15) is 0 Å². The maximum Gasteiger partial charge on any atom is 0.0619 e. The smallest absolute Gasteiger partial charge is 0.0619 e. The van der Waals surface area contributed by atoms with E-state index in [1.54, 1.807) is 0 Å². The molecular formula is C74H60N2. The fraction of sp³-hybridized carbons (Fsp3) is 0.162. The summed E-state index contributed by atoms with van der Waals surface area (Å²) in [5.74, 6) is 0. The van der Waals surface area contributed by atoms with Crippen LogP contribution in [0.4, 0.5) is 34.1 Å². The molecule has 0 aliphatic heterocycles. The van der Waals surface area contributed by atoms with Crippen molar-refractivity contribution in [2.24, 2.45) is 0 Å². The Morgan fingerprint density at radius 2 is 0.447 bits per heavy atom. The normalized spacial score (nSPS) is 15.8. The highest BCUT2D eigenvalue weighted by molar-refractivity contribution is 6.23. The Labute approximate surface area is 447 Å². The van der Waals surface area contributed by atoms with Gasteiger partial charge in [-0.25, -0.2) is 0 Å². The highest BCUT2D eigenvalue weighted by atomic mass is 15.2. The van der Waals surface area contributed by atoms with Crippen LogP contribution in [0.3, 0.4) is 0 Å². The predicted octanol–water partition coefficient (Wildman–Crippen LogP) is 20.2. The van der Waals surface area contributed by atoms with E-state index in [0.29, 0.717) is 0 Å². The summed E-state index contributed by atoms with van der Waals surface area (Å²) >= 11 is 0. The van der Waals surface area contributed by atoms with E-state index in [4.69, 9.17) is 0 Å². The molecule has 15 rings (SSSR count). The van der Waals surface area contributed by atoms with Crippen molar-refractivity contribution in [3.63, 3.8) is 0 Å². The van der Waals surface area contributed by atoms with Gasteiger partial charge in [0.05, 0.1) is 11.4 Å². The van der Waals surface area contributed by atoms with Crippen LogP contribution in [0, 0.1) is 0 Å². The fourth-order valence-electron chi connectivity index (χ4n) is 14.7. The molecule has 76 heavy (non-hydrogen) atoms. The molecule has 0 amide bonds. The van der Waals surface area contributed by atoms with E-state index in [1.807, 2.05) is 0 Å². The molecule has 0 heterocycles. The molecule has 0 bridgehead atoms. The van der Waals surface area contributed by atoms with Crippen LogP contribution in [-0.2, 0) is 21.7 Å². The van der Waals surface area contributed by atoms with E-state index in [-0.39, 0.29) is 21.7 Å². The third kappa shape index (κ3) is 5.99. The van der Waals surface area contributed by atoms with E-state index in [2.05, 4.69) is 284 Å². The van der Waals surface area contributed by atoms with Gasteiger partial charge in [0, 0.05) is 66.0 Å². The van der Waals surface area contributed by atoms with E-state index in [0.717, 1.165) is 22.7 Å². The van der Waals surface area contributed by atoms with Crippen LogP contribution in [-0.4, -0.2) is 0 Å². The molecule has 0 N–H and O–H groups in total. The molecular weight excluding hydrogens is 917 g/mol. The number of benzene rings is 11. The molecule has 0 aromatic heterocycles. The van der Waals surface area contributed by atoms with E-state index in [9.17, 15) is 0 Å². The van der Waals surface area contributed by atoms with E-state index < -0.39 is 0 Å². The first-order valence-electron chi connectivity index (χ1n) is 27.3. The quantitative estimate of drug-likeness (QED) is 0.121. The Hall–Kier alpha value is -8.46. The van der Waals surface area contributed by atoms with Gasteiger partial charge in [-0.05, 0) is 138 Å². The molecule has 2 nitrogen and oxygen atoms in total. The summed E-state index contributed by atoms with van der Waals surface area (Å²) in [4.78, 5) is 5.19. The topological polar surface area (TPSA) is 6.48 Å². The van der Waals surface area contributed by atoms with Gasteiger partial charge in [0.25, 0.3) is 0 Å². The zero-order valence-corrected chi connectivity index (χ0v) is 44.7. The number of hydrogen-bond acceptors (Lipinski definition) is 2. The van der Waals surface area contributed by atoms with Crippen LogP contribution in [0.15, 0.2) is 218 Å². The lowest BCUT2D eigenvalue weighted by atomic mass is 9.82. The second-order valence-corrected chi connectivity index (χ2v) is 24.1. The molecule has 0 atom stereocenters. The van der Waals surface area contributed by atoms with Crippen molar-refractivity contribution >= 4 is 55.7 Å². The minimum atomic E-state index is -0.180. The van der Waals surface area contributed by atoms with Crippen LogP contribution in [0.1, 0.15) is 99.9 Å². The van der Waals surface area contributed by atoms with Gasteiger partial charge in [0.2, 0.25) is 0 Å². The first kappa shape index (κ1) is 45.0. The summed E-state index contributed by atoms with van der Waals surface area (Å²) in [5, 5.41) is 4.75. The number of hydrogen-bond donors (Lipinski definition) is 0. The highest BCUT2D eigenvalue weighted by Crippen LogP contribution is 2.58. The zero-order valence-electron chi connectivity index (χ0n) is 44.7. The van der Waals surface area contributed by atoms with Crippen molar-refractivity contribution in [2.75, 3.05) is 9.80 Å². The van der Waals surface area contributed by atoms with Gasteiger partial charge < -0.3 is 9.80 Å². The van der Waals surface area contributed by atoms with Gasteiger partial charge in [-0.1, -0.05) is 225 Å². The van der Waals surface area contributed by atoms with Gasteiger partial charge in [-0.3, -0.25) is 0 Å². The maximum absolute atomic E-state index is 2.60. The second-order valence-electron chi connectivity index (χ2n) is 24.1. The molecule has 11 aromatic carbocycles. The van der Waals surface area contributed by atoms with Crippen LogP contribution in [0.2, 0.25) is 0 Å². The minimum absolute atomic E-state index is 0.117. The minimum Gasteiger partial charge on any atom is -0.309 e. The lowest BCUT2D eigenvalue weighted by Gasteiger charge is -2.34. The zero-order chi connectivity index (χ0) is 51.6. The molecule has 2 heteroatoms. The van der Waals surface area contributed by atoms with Crippen molar-refractivity contribution in [3.05, 3.63) is 263 Å². The largest absolute Gasteiger partial charge is 0.309 e. The Kier molecular flexibility index (Phi) is 9.21. The predicted molar refractivity (Wildman–Crippen MR) is 321 cm³/mol. The molecule has 0 unspecified atom stereocenters. The lowest BCUT2D eigenvalue weighted by molar-refractivity contribution is 0.660. The maximum atomic E-state index is 2.60. The first-order valence-corrected chi connectivity index (χ1v) is 27.3. The summed E-state index contributed by atoms with van der Waals surface area (Å²) < 4.78 is 0. The molecule has 4 aliphatic rings. The second kappa shape index (κ2) is 15.6. The van der Waals surface area contributed by atoms with Gasteiger partial charge in [0.15, 0.2) is 0 Å². The molecule has 0 fully saturated rings. The van der Waals surface area contributed by atoms with Gasteiger partial charge >= 0.3 is 0 Å². The molecule has 4 aliphatic carbocycles. The van der Waals surface area contributed by atoms with Crippen LogP contribution < -0.4 is 9.80 Å². The van der Waals surface area contributed by atoms with Crippen LogP contribution in [0.5, 0.6) is 0 Å². The SMILES string of the molecule is CC1(C)c2ccccc2-c2cc(N(c3ccc4c(c3)C(C)(C)c3ccccc3-4)c3c4ccccc4c(N(c4ccc5c(c4)C(C)(C)c4ccccc4-5)c4ccc5c(c4)C(C)(C)c4ccccc4-5)c4ccccc34)ccc21. The number of rotatable bonds is 6. The summed E-state index contributed by atoms with van der Waals surface area (Å²) in [7, 11) is 0. The summed E-state index contributed by atoms with van der Waals surface area (Å²) in [6.45, 7) is 19.1. The number of anilines is 6. The molecule has 0 radical (unpaired) electrons.